The van der Waals surface area contributed by atoms with Gasteiger partial charge in [0.1, 0.15) is 5.82 Å². The van der Waals surface area contributed by atoms with Gasteiger partial charge in [-0.3, -0.25) is 10.1 Å². The summed E-state index contributed by atoms with van der Waals surface area (Å²) in [5.74, 6) is 0.995. The van der Waals surface area contributed by atoms with Crippen molar-refractivity contribution in [2.24, 2.45) is 0 Å². The first-order chi connectivity index (χ1) is 12.1. The van der Waals surface area contributed by atoms with Crippen molar-refractivity contribution in [3.63, 3.8) is 0 Å². The molecule has 0 spiro atoms. The maximum absolute atomic E-state index is 10.8. The van der Waals surface area contributed by atoms with Gasteiger partial charge in [-0.25, -0.2) is 4.98 Å². The monoisotopic (exact) mass is 400 g/mol. The standard InChI is InChI=1S/C18H17BrN4O2/c19-16-12-15(23(24)25)6-7-17(16)20-9-8-18-21-10-11-22(18)13-14-4-2-1-3-5-14/h1-7,10-12,20H,8-9,13H2. The number of nitro groups is 1. The molecule has 2 aromatic carbocycles. The number of halogens is 1. The van der Waals surface area contributed by atoms with Gasteiger partial charge in [-0.15, -0.1) is 0 Å². The Morgan fingerprint density at radius 2 is 2.00 bits per heavy atom. The number of hydrogen-bond acceptors (Lipinski definition) is 4. The molecule has 0 aliphatic rings. The molecule has 1 heterocycles. The minimum absolute atomic E-state index is 0.0656. The van der Waals surface area contributed by atoms with Crippen LogP contribution in [0.1, 0.15) is 11.4 Å². The first-order valence-electron chi connectivity index (χ1n) is 7.85. The summed E-state index contributed by atoms with van der Waals surface area (Å²) in [6.45, 7) is 1.47. The zero-order valence-corrected chi connectivity index (χ0v) is 15.0. The summed E-state index contributed by atoms with van der Waals surface area (Å²) >= 11 is 3.37. The number of nitrogens with zero attached hydrogens (tertiary/aromatic N) is 3. The van der Waals surface area contributed by atoms with Crippen molar-refractivity contribution in [1.82, 2.24) is 9.55 Å². The molecule has 1 N–H and O–H groups in total. The van der Waals surface area contributed by atoms with E-state index in [1.807, 2.05) is 24.4 Å². The van der Waals surface area contributed by atoms with Crippen LogP contribution in [-0.4, -0.2) is 21.0 Å². The molecule has 0 saturated heterocycles. The molecule has 0 radical (unpaired) electrons. The summed E-state index contributed by atoms with van der Waals surface area (Å²) in [5, 5.41) is 14.1. The molecule has 3 aromatic rings. The van der Waals surface area contributed by atoms with Gasteiger partial charge in [-0.05, 0) is 27.6 Å². The van der Waals surface area contributed by atoms with Gasteiger partial charge in [-0.1, -0.05) is 30.3 Å². The summed E-state index contributed by atoms with van der Waals surface area (Å²) in [6.07, 6.45) is 4.54. The van der Waals surface area contributed by atoms with Gasteiger partial charge < -0.3 is 9.88 Å². The summed E-state index contributed by atoms with van der Waals surface area (Å²) in [5.41, 5.74) is 2.12. The van der Waals surface area contributed by atoms with E-state index in [1.165, 1.54) is 17.7 Å². The highest BCUT2D eigenvalue weighted by atomic mass is 79.9. The first kappa shape index (κ1) is 17.2. The minimum atomic E-state index is -0.408. The van der Waals surface area contributed by atoms with Crippen molar-refractivity contribution in [3.8, 4) is 0 Å². The predicted octanol–water partition coefficient (Wildman–Crippen LogP) is 4.26. The van der Waals surface area contributed by atoms with Crippen LogP contribution in [0.4, 0.5) is 11.4 Å². The van der Waals surface area contributed by atoms with E-state index in [0.29, 0.717) is 11.0 Å². The van der Waals surface area contributed by atoms with Crippen LogP contribution in [-0.2, 0) is 13.0 Å². The number of imidazole rings is 1. The topological polar surface area (TPSA) is 73.0 Å². The fraction of sp³-hybridized carbons (Fsp3) is 0.167. The van der Waals surface area contributed by atoms with Crippen molar-refractivity contribution in [1.29, 1.82) is 0 Å². The molecule has 0 aliphatic heterocycles. The highest BCUT2D eigenvalue weighted by Gasteiger charge is 2.09. The number of aromatic nitrogens is 2. The number of hydrogen-bond donors (Lipinski definition) is 1. The van der Waals surface area contributed by atoms with Crippen LogP contribution >= 0.6 is 15.9 Å². The molecule has 0 unspecified atom stereocenters. The maximum atomic E-state index is 10.8. The van der Waals surface area contributed by atoms with Crippen LogP contribution in [0.15, 0.2) is 65.4 Å². The van der Waals surface area contributed by atoms with E-state index in [1.54, 1.807) is 12.3 Å². The lowest BCUT2D eigenvalue weighted by atomic mass is 10.2. The Balaban J connectivity index is 1.60. The number of benzene rings is 2. The van der Waals surface area contributed by atoms with Crippen molar-refractivity contribution in [2.75, 3.05) is 11.9 Å². The third-order valence-corrected chi connectivity index (χ3v) is 4.48. The van der Waals surface area contributed by atoms with E-state index in [-0.39, 0.29) is 5.69 Å². The third kappa shape index (κ3) is 4.45. The SMILES string of the molecule is O=[N+]([O-])c1ccc(NCCc2nccn2Cc2ccccc2)c(Br)c1. The molecule has 0 fully saturated rings. The van der Waals surface area contributed by atoms with Gasteiger partial charge in [0, 0.05) is 54.2 Å². The zero-order chi connectivity index (χ0) is 17.6. The van der Waals surface area contributed by atoms with E-state index >= 15 is 0 Å². The molecule has 25 heavy (non-hydrogen) atoms. The summed E-state index contributed by atoms with van der Waals surface area (Å²) in [6, 6.07) is 14.9. The fourth-order valence-electron chi connectivity index (χ4n) is 2.56. The molecular formula is C18H17BrN4O2. The van der Waals surface area contributed by atoms with Crippen LogP contribution in [0, 0.1) is 10.1 Å². The Morgan fingerprint density at radius 1 is 1.20 bits per heavy atom. The van der Waals surface area contributed by atoms with Crippen LogP contribution < -0.4 is 5.32 Å². The second-order valence-corrected chi connectivity index (χ2v) is 6.41. The number of nitrogens with one attached hydrogen (secondary N) is 1. The molecule has 0 bridgehead atoms. The van der Waals surface area contributed by atoms with Gasteiger partial charge in [-0.2, -0.15) is 0 Å². The predicted molar refractivity (Wildman–Crippen MR) is 101 cm³/mol. The molecule has 128 valence electrons. The number of anilines is 1. The lowest BCUT2D eigenvalue weighted by Crippen LogP contribution is -2.11. The van der Waals surface area contributed by atoms with Crippen molar-refractivity contribution < 1.29 is 4.92 Å². The van der Waals surface area contributed by atoms with Gasteiger partial charge in [0.05, 0.1) is 4.92 Å². The van der Waals surface area contributed by atoms with Gasteiger partial charge in [0.15, 0.2) is 0 Å². The molecule has 7 heteroatoms. The van der Waals surface area contributed by atoms with E-state index in [4.69, 9.17) is 0 Å². The van der Waals surface area contributed by atoms with Crippen LogP contribution in [0.2, 0.25) is 0 Å². The smallest absolute Gasteiger partial charge is 0.270 e. The molecule has 0 saturated carbocycles. The molecule has 3 rings (SSSR count). The number of rotatable bonds is 7. The average Bonchev–Trinajstić information content (AvgIpc) is 3.04. The summed E-state index contributed by atoms with van der Waals surface area (Å²) < 4.78 is 2.80. The van der Waals surface area contributed by atoms with E-state index in [9.17, 15) is 10.1 Å². The van der Waals surface area contributed by atoms with E-state index < -0.39 is 4.92 Å². The van der Waals surface area contributed by atoms with Gasteiger partial charge in [0.2, 0.25) is 0 Å². The second kappa shape index (κ2) is 7.94. The molecule has 0 aliphatic carbocycles. The summed E-state index contributed by atoms with van der Waals surface area (Å²) in [4.78, 5) is 14.8. The van der Waals surface area contributed by atoms with E-state index in [0.717, 1.165) is 24.5 Å². The average molecular weight is 401 g/mol. The van der Waals surface area contributed by atoms with E-state index in [2.05, 4.69) is 42.9 Å². The number of non-ortho nitro benzene ring substituents is 1. The van der Waals surface area contributed by atoms with Crippen LogP contribution in [0.5, 0.6) is 0 Å². The van der Waals surface area contributed by atoms with Crippen molar-refractivity contribution in [2.45, 2.75) is 13.0 Å². The van der Waals surface area contributed by atoms with Crippen molar-refractivity contribution >= 4 is 27.3 Å². The fourth-order valence-corrected chi connectivity index (χ4v) is 3.07. The first-order valence-corrected chi connectivity index (χ1v) is 8.64. The number of nitro benzene ring substituents is 1. The maximum Gasteiger partial charge on any atom is 0.270 e. The highest BCUT2D eigenvalue weighted by Crippen LogP contribution is 2.27. The Morgan fingerprint density at radius 3 is 2.72 bits per heavy atom. The van der Waals surface area contributed by atoms with Crippen LogP contribution in [0.3, 0.4) is 0 Å². The summed E-state index contributed by atoms with van der Waals surface area (Å²) in [7, 11) is 0. The Hall–Kier alpha value is -2.67. The quantitative estimate of drug-likeness (QED) is 0.474. The van der Waals surface area contributed by atoms with Crippen molar-refractivity contribution in [3.05, 3.63) is 86.9 Å². The Bertz CT molecular complexity index is 865. The minimum Gasteiger partial charge on any atom is -0.384 e. The molecular weight excluding hydrogens is 384 g/mol. The van der Waals surface area contributed by atoms with Crippen LogP contribution in [0.25, 0.3) is 0 Å². The molecule has 0 atom stereocenters. The Kier molecular flexibility index (Phi) is 5.45. The molecule has 6 nitrogen and oxygen atoms in total. The third-order valence-electron chi connectivity index (χ3n) is 3.82. The molecule has 0 amide bonds. The lowest BCUT2D eigenvalue weighted by Gasteiger charge is -2.10. The van der Waals surface area contributed by atoms with Gasteiger partial charge in [0.25, 0.3) is 5.69 Å². The largest absolute Gasteiger partial charge is 0.384 e. The highest BCUT2D eigenvalue weighted by molar-refractivity contribution is 9.10. The molecule has 1 aromatic heterocycles. The normalized spacial score (nSPS) is 10.6. The van der Waals surface area contributed by atoms with Gasteiger partial charge >= 0.3 is 0 Å². The Labute approximate surface area is 153 Å². The second-order valence-electron chi connectivity index (χ2n) is 5.56. The zero-order valence-electron chi connectivity index (χ0n) is 13.4. The lowest BCUT2D eigenvalue weighted by molar-refractivity contribution is -0.384.